The van der Waals surface area contributed by atoms with E-state index in [-0.39, 0.29) is 0 Å². The Kier molecular flexibility index (Phi) is 4.86. The fraction of sp³-hybridized carbons (Fsp3) is 0.800. The Morgan fingerprint density at radius 2 is 1.86 bits per heavy atom. The van der Waals surface area contributed by atoms with Crippen LogP contribution in [0.2, 0.25) is 0 Å². The Labute approximate surface area is 55.7 Å². The van der Waals surface area contributed by atoms with E-state index in [0.717, 1.165) is 13.1 Å². The first-order chi connectivity index (χ1) is 3.35. The van der Waals surface area contributed by atoms with Gasteiger partial charge in [0.15, 0.2) is 0 Å². The van der Waals surface area contributed by atoms with Crippen LogP contribution in [0.4, 0.5) is 0 Å². The summed E-state index contributed by atoms with van der Waals surface area (Å²) in [6.07, 6.45) is 0. The van der Waals surface area contributed by atoms with Gasteiger partial charge in [-0.05, 0) is 0 Å². The molecule has 0 fully saturated rings. The number of nitrogens with zero attached hydrogens (tertiary/aromatic N) is 1. The Hall–Kier alpha value is 0.428. The van der Waals surface area contributed by atoms with Gasteiger partial charge in [-0.15, -0.1) is 0 Å². The van der Waals surface area contributed by atoms with Gasteiger partial charge >= 0.3 is 55.3 Å². The molecule has 0 heterocycles. The summed E-state index contributed by atoms with van der Waals surface area (Å²) in [5.41, 5.74) is 0. The summed E-state index contributed by atoms with van der Waals surface area (Å²) in [6.45, 7) is 6.47. The van der Waals surface area contributed by atoms with Gasteiger partial charge in [0.2, 0.25) is 0 Å². The average Bonchev–Trinajstić information content (AvgIpc) is 1.72. The molecular weight excluding hydrogens is 258 g/mol. The van der Waals surface area contributed by atoms with E-state index < -0.39 is 0 Å². The summed E-state index contributed by atoms with van der Waals surface area (Å²) in [6, 6.07) is 0. The van der Waals surface area contributed by atoms with Crippen LogP contribution in [0.25, 0.3) is 0 Å². The molecule has 0 aromatic rings. The molecule has 0 rings (SSSR count). The summed E-state index contributed by atoms with van der Waals surface area (Å²) in [7, 11) is 0. The van der Waals surface area contributed by atoms with E-state index in [2.05, 4.69) is 23.1 Å². The monoisotopic (exact) mass is 268 g/mol. The second-order valence-electron chi connectivity index (χ2n) is 1.26. The van der Waals surface area contributed by atoms with Crippen LogP contribution in [0, 0.1) is 4.33 Å². The van der Waals surface area contributed by atoms with Gasteiger partial charge in [-0.1, -0.05) is 0 Å². The number of rotatable bonds is 2. The first-order valence-electron chi connectivity index (χ1n) is 2.47. The molecule has 2 heteroatoms. The standard InChI is InChI=1S/C5H10N.W/c1-4-6(3)5-2;/h4-5H2,1-2H3;/q;+1. The van der Waals surface area contributed by atoms with Crippen LogP contribution in [-0.4, -0.2) is 18.0 Å². The Morgan fingerprint density at radius 3 is 1.86 bits per heavy atom. The molecule has 0 aliphatic rings. The maximum atomic E-state index is 3.12. The fourth-order valence-corrected chi connectivity index (χ4v) is 1.28. The van der Waals surface area contributed by atoms with E-state index in [1.54, 1.807) is 0 Å². The van der Waals surface area contributed by atoms with Crippen LogP contribution < -0.4 is 0 Å². The van der Waals surface area contributed by atoms with Gasteiger partial charge in [-0.25, -0.2) is 0 Å². The predicted octanol–water partition coefficient (Wildman–Crippen LogP) is 0.792. The zero-order valence-electron chi connectivity index (χ0n) is 4.77. The van der Waals surface area contributed by atoms with Crippen LogP contribution in [0.15, 0.2) is 0 Å². The molecular formula is C5H10NW+. The summed E-state index contributed by atoms with van der Waals surface area (Å²) in [4.78, 5) is 2.16. The van der Waals surface area contributed by atoms with E-state index in [1.165, 1.54) is 19.2 Å². The van der Waals surface area contributed by atoms with E-state index in [0.29, 0.717) is 0 Å². The predicted molar refractivity (Wildman–Crippen MR) is 26.8 cm³/mol. The third-order valence-electron chi connectivity index (χ3n) is 0.893. The van der Waals surface area contributed by atoms with Crippen LogP contribution in [0.3, 0.4) is 0 Å². The molecule has 0 atom stereocenters. The third-order valence-corrected chi connectivity index (χ3v) is 1.82. The molecule has 0 spiro atoms. The molecule has 0 N–H and O–H groups in total. The van der Waals surface area contributed by atoms with E-state index in [4.69, 9.17) is 0 Å². The molecule has 0 aromatic heterocycles. The van der Waals surface area contributed by atoms with Crippen LogP contribution in [0.5, 0.6) is 0 Å². The minimum absolute atomic E-state index is 1.10. The van der Waals surface area contributed by atoms with Crippen molar-refractivity contribution in [3.63, 3.8) is 0 Å². The van der Waals surface area contributed by atoms with E-state index in [1.807, 2.05) is 0 Å². The first kappa shape index (κ1) is 7.43. The molecule has 0 aliphatic heterocycles. The van der Waals surface area contributed by atoms with E-state index in [9.17, 15) is 0 Å². The van der Waals surface area contributed by atoms with Crippen molar-refractivity contribution in [2.24, 2.45) is 0 Å². The topological polar surface area (TPSA) is 3.24 Å². The van der Waals surface area contributed by atoms with Gasteiger partial charge in [0, 0.05) is 0 Å². The van der Waals surface area contributed by atoms with Gasteiger partial charge in [0.1, 0.15) is 0 Å². The second kappa shape index (κ2) is 4.58. The molecule has 0 saturated carbocycles. The summed E-state index contributed by atoms with van der Waals surface area (Å²) >= 11 is 1.42. The van der Waals surface area contributed by atoms with Gasteiger partial charge < -0.3 is 0 Å². The molecule has 1 nitrogen and oxygen atoms in total. The van der Waals surface area contributed by atoms with Crippen molar-refractivity contribution in [2.45, 2.75) is 13.8 Å². The molecule has 40 valence electrons. The Morgan fingerprint density at radius 1 is 1.43 bits per heavy atom. The van der Waals surface area contributed by atoms with Crippen molar-refractivity contribution in [1.29, 1.82) is 0 Å². The second-order valence-corrected chi connectivity index (χ2v) is 1.92. The fourth-order valence-electron chi connectivity index (χ4n) is 0.353. The molecule has 0 aliphatic carbocycles. The van der Waals surface area contributed by atoms with Crippen molar-refractivity contribution in [3.05, 3.63) is 0 Å². The zero-order chi connectivity index (χ0) is 5.70. The van der Waals surface area contributed by atoms with Crippen molar-refractivity contribution in [2.75, 3.05) is 13.1 Å². The summed E-state index contributed by atoms with van der Waals surface area (Å²) in [5.74, 6) is 0. The summed E-state index contributed by atoms with van der Waals surface area (Å²) < 4.78 is 3.12. The maximum absolute atomic E-state index is 3.12. The van der Waals surface area contributed by atoms with Crippen molar-refractivity contribution in [1.82, 2.24) is 4.90 Å². The quantitative estimate of drug-likeness (QED) is 0.669. The van der Waals surface area contributed by atoms with Crippen molar-refractivity contribution >= 4 is 0 Å². The van der Waals surface area contributed by atoms with Crippen LogP contribution in [-0.2, 0) is 19.2 Å². The average molecular weight is 268 g/mol. The number of hydrogen-bond donors (Lipinski definition) is 0. The SMILES string of the molecule is CCN([C]#[W+])CC. The summed E-state index contributed by atoms with van der Waals surface area (Å²) in [5, 5.41) is 0. The van der Waals surface area contributed by atoms with Crippen molar-refractivity contribution in [3.8, 4) is 4.33 Å². The van der Waals surface area contributed by atoms with Crippen LogP contribution >= 0.6 is 0 Å². The van der Waals surface area contributed by atoms with Gasteiger partial charge in [-0.3, -0.25) is 0 Å². The van der Waals surface area contributed by atoms with Gasteiger partial charge in [-0.2, -0.15) is 0 Å². The zero-order valence-corrected chi connectivity index (χ0v) is 7.70. The normalized spacial score (nSPS) is 8.86. The Balaban J connectivity index is 3.23. The first-order valence-corrected chi connectivity index (χ1v) is 3.94. The van der Waals surface area contributed by atoms with Crippen molar-refractivity contribution < 1.29 is 19.2 Å². The van der Waals surface area contributed by atoms with Gasteiger partial charge in [0.05, 0.1) is 0 Å². The van der Waals surface area contributed by atoms with E-state index >= 15 is 0 Å². The molecule has 0 unspecified atom stereocenters. The molecule has 0 aromatic carbocycles. The molecule has 0 saturated heterocycles. The molecule has 0 amide bonds. The van der Waals surface area contributed by atoms with Crippen LogP contribution in [0.1, 0.15) is 13.8 Å². The third kappa shape index (κ3) is 3.05. The molecule has 0 radical (unpaired) electrons. The Bertz CT molecular complexity index is 70.6. The molecule has 0 bridgehead atoms. The number of hydrogen-bond acceptors (Lipinski definition) is 1. The van der Waals surface area contributed by atoms with Gasteiger partial charge in [0.25, 0.3) is 0 Å². The molecule has 7 heavy (non-hydrogen) atoms. The minimum atomic E-state index is 1.10.